The molecule has 2 aromatic carbocycles. The lowest BCUT2D eigenvalue weighted by atomic mass is 9.92. The average Bonchev–Trinajstić information content (AvgIpc) is 3.25. The molecular formula is C21H22F3N3O5S. The zero-order chi connectivity index (χ0) is 24.4. The summed E-state index contributed by atoms with van der Waals surface area (Å²) in [5.41, 5.74) is -1.83. The van der Waals surface area contributed by atoms with Gasteiger partial charge in [0.15, 0.2) is 0 Å². The van der Waals surface area contributed by atoms with E-state index < -0.39 is 52.5 Å². The van der Waals surface area contributed by atoms with Gasteiger partial charge >= 0.3 is 6.18 Å². The van der Waals surface area contributed by atoms with Crippen LogP contribution in [0.1, 0.15) is 24.9 Å². The first-order valence-corrected chi connectivity index (χ1v) is 11.3. The van der Waals surface area contributed by atoms with Gasteiger partial charge in [-0.2, -0.15) is 18.3 Å². The molecule has 0 radical (unpaired) electrons. The van der Waals surface area contributed by atoms with Crippen molar-refractivity contribution in [3.8, 4) is 0 Å². The van der Waals surface area contributed by atoms with Crippen LogP contribution in [-0.2, 0) is 14.8 Å². The van der Waals surface area contributed by atoms with E-state index in [1.807, 2.05) is 0 Å². The third-order valence-electron chi connectivity index (χ3n) is 5.31. The van der Waals surface area contributed by atoms with Crippen molar-refractivity contribution in [3.63, 3.8) is 0 Å². The van der Waals surface area contributed by atoms with E-state index in [2.05, 4.69) is 5.10 Å². The maximum absolute atomic E-state index is 13.3. The van der Waals surface area contributed by atoms with Crippen molar-refractivity contribution in [1.82, 2.24) is 4.72 Å². The predicted molar refractivity (Wildman–Crippen MR) is 114 cm³/mol. The fraction of sp³-hybridized carbons (Fsp3) is 0.333. The van der Waals surface area contributed by atoms with Crippen molar-refractivity contribution in [2.75, 3.05) is 18.2 Å². The van der Waals surface area contributed by atoms with E-state index in [0.717, 1.165) is 12.1 Å². The minimum absolute atomic E-state index is 0.226. The highest BCUT2D eigenvalue weighted by Crippen LogP contribution is 2.39. The molecule has 0 saturated carbocycles. The predicted octanol–water partition coefficient (Wildman–Crippen LogP) is 2.35. The van der Waals surface area contributed by atoms with E-state index in [-0.39, 0.29) is 17.0 Å². The molecule has 0 saturated heterocycles. The number of benzene rings is 2. The molecule has 8 nitrogen and oxygen atoms in total. The van der Waals surface area contributed by atoms with Gasteiger partial charge in [-0.15, -0.1) is 0 Å². The minimum atomic E-state index is -4.61. The first-order valence-electron chi connectivity index (χ1n) is 9.79. The van der Waals surface area contributed by atoms with Gasteiger partial charge in [-0.05, 0) is 36.8 Å². The Balaban J connectivity index is 1.89. The van der Waals surface area contributed by atoms with Gasteiger partial charge < -0.3 is 10.2 Å². The standard InChI is InChI=1S/C21H22F3N3O5S/c1-20(12-28,13-29)19(30)26-33(31,32)16-9-7-15(8-10-16)27-17(14-5-3-2-4-6-14)11-18(25-27)21(22,23)24/h2-10,17,28-29H,11-13H2,1H3,(H,26,30). The van der Waals surface area contributed by atoms with Gasteiger partial charge in [0.2, 0.25) is 5.91 Å². The summed E-state index contributed by atoms with van der Waals surface area (Å²) < 4.78 is 66.8. The van der Waals surface area contributed by atoms with Crippen LogP contribution in [0.25, 0.3) is 0 Å². The van der Waals surface area contributed by atoms with E-state index in [0.29, 0.717) is 5.56 Å². The maximum Gasteiger partial charge on any atom is 0.431 e. The number of anilines is 1. The lowest BCUT2D eigenvalue weighted by molar-refractivity contribution is -0.132. The van der Waals surface area contributed by atoms with Crippen molar-refractivity contribution < 1.29 is 36.6 Å². The fourth-order valence-corrected chi connectivity index (χ4v) is 4.23. The van der Waals surface area contributed by atoms with Crippen molar-refractivity contribution in [1.29, 1.82) is 0 Å². The quantitative estimate of drug-likeness (QED) is 0.554. The van der Waals surface area contributed by atoms with Crippen LogP contribution in [0.3, 0.4) is 0 Å². The van der Waals surface area contributed by atoms with E-state index >= 15 is 0 Å². The molecule has 3 N–H and O–H groups in total. The zero-order valence-corrected chi connectivity index (χ0v) is 18.3. The topological polar surface area (TPSA) is 119 Å². The van der Waals surface area contributed by atoms with Gasteiger partial charge in [-0.3, -0.25) is 9.80 Å². The monoisotopic (exact) mass is 485 g/mol. The summed E-state index contributed by atoms with van der Waals surface area (Å²) in [6.45, 7) is -0.368. The molecule has 1 amide bonds. The number of carbonyl (C=O) groups is 1. The number of hydrazone groups is 1. The Bertz CT molecular complexity index is 1130. The molecule has 1 aliphatic rings. The maximum atomic E-state index is 13.3. The van der Waals surface area contributed by atoms with Crippen LogP contribution in [-0.4, -0.2) is 49.6 Å². The third kappa shape index (κ3) is 5.18. The molecule has 0 fully saturated rings. The number of amides is 1. The molecule has 1 aliphatic heterocycles. The summed E-state index contributed by atoms with van der Waals surface area (Å²) in [6.07, 6.45) is -4.98. The second kappa shape index (κ2) is 9.12. The molecule has 0 aliphatic carbocycles. The number of nitrogens with one attached hydrogen (secondary N) is 1. The van der Waals surface area contributed by atoms with Gasteiger partial charge in [-0.25, -0.2) is 13.1 Å². The molecule has 0 aromatic heterocycles. The first-order chi connectivity index (χ1) is 15.4. The highest BCUT2D eigenvalue weighted by atomic mass is 32.2. The van der Waals surface area contributed by atoms with Crippen LogP contribution in [0.2, 0.25) is 0 Å². The van der Waals surface area contributed by atoms with Crippen LogP contribution in [0.15, 0.2) is 64.6 Å². The summed E-state index contributed by atoms with van der Waals surface area (Å²) in [4.78, 5) is 11.9. The molecule has 12 heteroatoms. The largest absolute Gasteiger partial charge is 0.431 e. The number of rotatable bonds is 7. The number of carbonyl (C=O) groups excluding carboxylic acids is 1. The Labute approximate surface area is 188 Å². The van der Waals surface area contributed by atoms with E-state index in [4.69, 9.17) is 0 Å². The Morgan fingerprint density at radius 1 is 1.09 bits per heavy atom. The average molecular weight is 485 g/mol. The Morgan fingerprint density at radius 2 is 1.67 bits per heavy atom. The molecule has 3 rings (SSSR count). The molecule has 0 bridgehead atoms. The summed E-state index contributed by atoms with van der Waals surface area (Å²) >= 11 is 0. The molecular weight excluding hydrogens is 463 g/mol. The van der Waals surface area contributed by atoms with E-state index in [9.17, 15) is 36.6 Å². The normalized spacial score (nSPS) is 17.1. The van der Waals surface area contributed by atoms with E-state index in [1.165, 1.54) is 24.1 Å². The SMILES string of the molecule is CC(CO)(CO)C(=O)NS(=O)(=O)c1ccc(N2N=C(C(F)(F)F)CC2c2ccccc2)cc1. The van der Waals surface area contributed by atoms with Crippen LogP contribution < -0.4 is 9.73 Å². The van der Waals surface area contributed by atoms with Crippen molar-refractivity contribution in [2.45, 2.75) is 30.5 Å². The second-order valence-electron chi connectivity index (χ2n) is 7.83. The summed E-state index contributed by atoms with van der Waals surface area (Å²) in [5, 5.41) is 23.4. The summed E-state index contributed by atoms with van der Waals surface area (Å²) in [5.74, 6) is -1.10. The molecule has 2 aromatic rings. The van der Waals surface area contributed by atoms with E-state index in [1.54, 1.807) is 35.1 Å². The Hall–Kier alpha value is -2.96. The Kier molecular flexibility index (Phi) is 6.82. The summed E-state index contributed by atoms with van der Waals surface area (Å²) in [7, 11) is -4.36. The number of alkyl halides is 3. The van der Waals surface area contributed by atoms with Crippen molar-refractivity contribution in [3.05, 3.63) is 60.2 Å². The third-order valence-corrected chi connectivity index (χ3v) is 6.65. The van der Waals surface area contributed by atoms with Crippen LogP contribution in [0, 0.1) is 5.41 Å². The van der Waals surface area contributed by atoms with Crippen molar-refractivity contribution >= 4 is 27.3 Å². The number of nitrogens with zero attached hydrogens (tertiary/aromatic N) is 2. The molecule has 178 valence electrons. The van der Waals surface area contributed by atoms with Gasteiger partial charge in [-0.1, -0.05) is 30.3 Å². The molecule has 1 unspecified atom stereocenters. The van der Waals surface area contributed by atoms with Gasteiger partial charge in [0.05, 0.1) is 35.3 Å². The van der Waals surface area contributed by atoms with Crippen LogP contribution in [0.4, 0.5) is 18.9 Å². The number of halogens is 3. The minimum Gasteiger partial charge on any atom is -0.395 e. The Morgan fingerprint density at radius 3 is 2.18 bits per heavy atom. The fourth-order valence-electron chi connectivity index (χ4n) is 3.13. The number of hydrogen-bond donors (Lipinski definition) is 3. The lowest BCUT2D eigenvalue weighted by Crippen LogP contribution is -2.46. The van der Waals surface area contributed by atoms with Crippen LogP contribution >= 0.6 is 0 Å². The number of aliphatic hydroxyl groups excluding tert-OH is 2. The number of hydrogen-bond acceptors (Lipinski definition) is 7. The van der Waals surface area contributed by atoms with Crippen molar-refractivity contribution in [2.24, 2.45) is 10.5 Å². The highest BCUT2D eigenvalue weighted by molar-refractivity contribution is 7.90. The lowest BCUT2D eigenvalue weighted by Gasteiger charge is -2.24. The molecule has 1 atom stereocenters. The first kappa shape index (κ1) is 24.7. The highest BCUT2D eigenvalue weighted by Gasteiger charge is 2.43. The van der Waals surface area contributed by atoms with Crippen LogP contribution in [0.5, 0.6) is 0 Å². The smallest absolute Gasteiger partial charge is 0.395 e. The zero-order valence-electron chi connectivity index (χ0n) is 17.5. The van der Waals surface area contributed by atoms with Gasteiger partial charge in [0.25, 0.3) is 10.0 Å². The summed E-state index contributed by atoms with van der Waals surface area (Å²) in [6, 6.07) is 12.6. The van der Waals surface area contributed by atoms with Gasteiger partial charge in [0.1, 0.15) is 5.71 Å². The molecule has 33 heavy (non-hydrogen) atoms. The molecule has 1 heterocycles. The molecule has 0 spiro atoms. The number of aliphatic hydroxyl groups is 2. The second-order valence-corrected chi connectivity index (χ2v) is 9.51. The number of sulfonamides is 1. The van der Waals surface area contributed by atoms with Gasteiger partial charge in [0, 0.05) is 6.42 Å².